The second-order valence-corrected chi connectivity index (χ2v) is 42.5. The number of aromatic nitrogens is 2. The molecular weight excluding hydrogens is 1390 g/mol. The van der Waals surface area contributed by atoms with E-state index in [-0.39, 0.29) is 10.1 Å². The predicted octanol–water partition coefficient (Wildman–Crippen LogP) is 30.4. The molecule has 17 aromatic rings. The number of rotatable bonds is 20. The maximum Gasteiger partial charge on any atom is 0.161 e. The molecule has 17 rings (SSSR count). The number of anilines is 18. The van der Waals surface area contributed by atoms with Crippen LogP contribution in [0, 0.1) is 0 Å². The lowest BCUT2D eigenvalue weighted by atomic mass is 10.1. The van der Waals surface area contributed by atoms with Gasteiger partial charge in [-0.1, -0.05) is 213 Å². The molecule has 2 heterocycles. The lowest BCUT2D eigenvalue weighted by Gasteiger charge is -2.39. The van der Waals surface area contributed by atoms with E-state index in [9.17, 15) is 0 Å². The van der Waals surface area contributed by atoms with Gasteiger partial charge in [0, 0.05) is 146 Å². The molecular formula is C102H94N8Si2. The number of hydrogen-bond acceptors (Lipinski definition) is 6. The smallest absolute Gasteiger partial charge is 0.161 e. The van der Waals surface area contributed by atoms with Crippen LogP contribution in [0.4, 0.5) is 102 Å². The Labute approximate surface area is 662 Å². The zero-order valence-corrected chi connectivity index (χ0v) is 67.5. The van der Waals surface area contributed by atoms with Crippen molar-refractivity contribution in [2.45, 2.75) is 77.8 Å². The average molecular weight is 1490 g/mol. The summed E-state index contributed by atoms with van der Waals surface area (Å²) >= 11 is 0. The average Bonchev–Trinajstić information content (AvgIpc) is 1.58. The Morgan fingerprint density at radius 1 is 0.170 bits per heavy atom. The molecule has 0 aliphatic carbocycles. The van der Waals surface area contributed by atoms with Gasteiger partial charge >= 0.3 is 0 Å². The Morgan fingerprint density at radius 2 is 0.321 bits per heavy atom. The van der Waals surface area contributed by atoms with Crippen molar-refractivity contribution in [1.82, 2.24) is 8.47 Å². The molecule has 0 fully saturated rings. The van der Waals surface area contributed by atoms with E-state index in [2.05, 4.69) is 494 Å². The van der Waals surface area contributed by atoms with Gasteiger partial charge in [-0.2, -0.15) is 0 Å². The summed E-state index contributed by atoms with van der Waals surface area (Å²) in [4.78, 5) is 14.2. The first-order valence-electron chi connectivity index (χ1n) is 39.1. The lowest BCUT2D eigenvalue weighted by Crippen LogP contribution is -2.45. The topological polar surface area (TPSA) is 29.3 Å². The van der Waals surface area contributed by atoms with Crippen LogP contribution in [0.2, 0.25) is 36.3 Å². The zero-order valence-electron chi connectivity index (χ0n) is 65.5. The first-order valence-corrected chi connectivity index (χ1v) is 45.0. The molecule has 0 N–H and O–H groups in total. The van der Waals surface area contributed by atoms with Gasteiger partial charge in [-0.25, -0.2) is 0 Å². The van der Waals surface area contributed by atoms with E-state index in [0.717, 1.165) is 102 Å². The lowest BCUT2D eigenvalue weighted by molar-refractivity contribution is 0.705. The first-order chi connectivity index (χ1) is 54.4. The third-order valence-corrected chi connectivity index (χ3v) is 34.1. The van der Waals surface area contributed by atoms with Crippen molar-refractivity contribution < 1.29 is 0 Å². The molecule has 8 nitrogen and oxygen atoms in total. The van der Waals surface area contributed by atoms with Crippen LogP contribution in [0.15, 0.2) is 388 Å². The van der Waals surface area contributed by atoms with Crippen molar-refractivity contribution in [2.24, 2.45) is 0 Å². The van der Waals surface area contributed by atoms with E-state index in [0.29, 0.717) is 0 Å². The summed E-state index contributed by atoms with van der Waals surface area (Å²) in [6, 6.07) is 142. The Bertz CT molecular complexity index is 5690. The molecule has 2 aromatic heterocycles. The SMILES string of the molecule is CC(C)(C)[Si](C)(C)n1c2ccccc2c2cc(N(c3ccc(N(c4ccccc4)c4ccccc4)cc3)c3ccc(N(c4ccc(N(c5ccccc5)c5ccccc5)cc4)c4ccc(N(c5ccc(N(c6ccccc6)c6ccccc6)cc5)c5ccc6c(c5)c5ccccc5n6[Si](C)(C)C(C)(C)C)cc4)cc3)ccc21. The van der Waals surface area contributed by atoms with Gasteiger partial charge < -0.3 is 37.9 Å². The van der Waals surface area contributed by atoms with Crippen LogP contribution in [0.3, 0.4) is 0 Å². The number of hydrogen-bond donors (Lipinski definition) is 0. The molecule has 0 unspecified atom stereocenters. The van der Waals surface area contributed by atoms with Gasteiger partial charge in [0.1, 0.15) is 0 Å². The summed E-state index contributed by atoms with van der Waals surface area (Å²) < 4.78 is 5.42. The van der Waals surface area contributed by atoms with Crippen LogP contribution in [-0.4, -0.2) is 24.9 Å². The normalized spacial score (nSPS) is 12.0. The summed E-state index contributed by atoms with van der Waals surface area (Å²) in [7, 11) is -4.24. The van der Waals surface area contributed by atoms with Crippen LogP contribution >= 0.6 is 0 Å². The van der Waals surface area contributed by atoms with Gasteiger partial charge in [0.15, 0.2) is 16.5 Å². The molecule has 0 amide bonds. The molecule has 0 aliphatic heterocycles. The summed E-state index contributed by atoms with van der Waals surface area (Å²) in [6.07, 6.45) is 0. The molecule has 0 saturated heterocycles. The summed E-state index contributed by atoms with van der Waals surface area (Å²) in [6.45, 7) is 24.5. The Kier molecular flexibility index (Phi) is 19.0. The van der Waals surface area contributed by atoms with E-state index in [4.69, 9.17) is 0 Å². The highest BCUT2D eigenvalue weighted by molar-refractivity contribution is 6.81. The van der Waals surface area contributed by atoms with Gasteiger partial charge in [0.05, 0.1) is 0 Å². The van der Waals surface area contributed by atoms with Crippen LogP contribution in [0.5, 0.6) is 0 Å². The molecule has 0 radical (unpaired) electrons. The van der Waals surface area contributed by atoms with E-state index < -0.39 is 16.5 Å². The third-order valence-electron chi connectivity index (χ3n) is 23.5. The maximum absolute atomic E-state index is 2.71. The monoisotopic (exact) mass is 1490 g/mol. The van der Waals surface area contributed by atoms with Crippen molar-refractivity contribution >= 4 is 162 Å². The highest BCUT2D eigenvalue weighted by atomic mass is 28.3. The largest absolute Gasteiger partial charge is 0.368 e. The van der Waals surface area contributed by atoms with Crippen LogP contribution in [0.1, 0.15) is 41.5 Å². The van der Waals surface area contributed by atoms with Crippen LogP contribution < -0.4 is 29.4 Å². The van der Waals surface area contributed by atoms with Crippen LogP contribution in [-0.2, 0) is 0 Å². The minimum atomic E-state index is -2.12. The minimum Gasteiger partial charge on any atom is -0.368 e. The van der Waals surface area contributed by atoms with Crippen LogP contribution in [0.25, 0.3) is 43.6 Å². The quantitative estimate of drug-likeness (QED) is 0.0707. The number of nitrogens with zero attached hydrogens (tertiary/aromatic N) is 8. The predicted molar refractivity (Wildman–Crippen MR) is 486 cm³/mol. The first kappa shape index (κ1) is 72.0. The second kappa shape index (κ2) is 29.5. The zero-order chi connectivity index (χ0) is 76.9. The Balaban J connectivity index is 0.817. The van der Waals surface area contributed by atoms with E-state index >= 15 is 0 Å². The fourth-order valence-electron chi connectivity index (χ4n) is 16.0. The van der Waals surface area contributed by atoms with Gasteiger partial charge in [-0.05, 0) is 253 Å². The van der Waals surface area contributed by atoms with Crippen molar-refractivity contribution in [3.8, 4) is 0 Å². The summed E-state index contributed by atoms with van der Waals surface area (Å²) in [5.41, 5.74) is 24.1. The van der Waals surface area contributed by atoms with Gasteiger partial charge in [-0.15, -0.1) is 0 Å². The molecule has 550 valence electrons. The highest BCUT2D eigenvalue weighted by Crippen LogP contribution is 2.50. The molecule has 10 heteroatoms. The molecule has 0 spiro atoms. The number of fused-ring (bicyclic) bond motifs is 6. The molecule has 0 bridgehead atoms. The van der Waals surface area contributed by atoms with E-state index in [1.165, 1.54) is 43.6 Å². The Hall–Kier alpha value is -12.9. The molecule has 15 aromatic carbocycles. The fraction of sp³-hybridized carbons (Fsp3) is 0.118. The van der Waals surface area contributed by atoms with Crippen molar-refractivity contribution in [2.75, 3.05) is 29.4 Å². The Morgan fingerprint density at radius 3 is 0.518 bits per heavy atom. The summed E-state index contributed by atoms with van der Waals surface area (Å²) in [5.74, 6) is 0. The molecule has 0 saturated carbocycles. The van der Waals surface area contributed by atoms with E-state index in [1.807, 2.05) is 0 Å². The minimum absolute atomic E-state index is 0.0966. The van der Waals surface area contributed by atoms with Gasteiger partial charge in [-0.3, -0.25) is 0 Å². The van der Waals surface area contributed by atoms with Gasteiger partial charge in [0.2, 0.25) is 0 Å². The number of benzene rings is 15. The summed E-state index contributed by atoms with van der Waals surface area (Å²) in [5, 5.41) is 5.21. The van der Waals surface area contributed by atoms with Crippen molar-refractivity contribution in [3.05, 3.63) is 388 Å². The molecule has 112 heavy (non-hydrogen) atoms. The maximum atomic E-state index is 2.71. The van der Waals surface area contributed by atoms with Crippen molar-refractivity contribution in [1.29, 1.82) is 0 Å². The highest BCUT2D eigenvalue weighted by Gasteiger charge is 2.41. The number of para-hydroxylation sites is 8. The standard InChI is InChI=1S/C102H94N8Si2/c1-101(2,3)111(7,8)109-97-47-31-29-45-93(97)95-73-91(69-71-99(95)109)107(87-61-53-82(54-62-87)104(77-37-21-13-22-38-77)78-39-23-14-24-40-78)89-65-57-85(58-66-89)106(84-51-49-81(50-52-84)103(75-33-17-11-18-34-75)76-35-19-12-20-36-76)86-59-67-90(68-60-86)108(88-63-55-83(56-64-88)105(79-41-25-15-26-42-79)80-43-27-16-28-44-80)92-70-72-100-96(74-92)94-46-30-32-48-98(94)110(100)112(9,10)102(4,5)6/h11-74H,1-10H3. The van der Waals surface area contributed by atoms with Crippen molar-refractivity contribution in [3.63, 3.8) is 0 Å². The third kappa shape index (κ3) is 13.4. The van der Waals surface area contributed by atoms with Gasteiger partial charge in [0.25, 0.3) is 0 Å². The molecule has 0 aliphatic rings. The molecule has 0 atom stereocenters. The fourth-order valence-corrected chi connectivity index (χ4v) is 20.5. The van der Waals surface area contributed by atoms with E-state index in [1.54, 1.807) is 0 Å². The second-order valence-electron chi connectivity index (χ2n) is 32.3.